The SMILES string of the molecule is O=C(/C=C/c1ccc([N+](=O)[O-])o1)N1CCN(Cc2cccc(F)c2F)CC1. The van der Waals surface area contributed by atoms with Gasteiger partial charge in [-0.3, -0.25) is 19.8 Å². The van der Waals surface area contributed by atoms with E-state index in [0.717, 1.165) is 6.07 Å². The number of nitro groups is 1. The highest BCUT2D eigenvalue weighted by Gasteiger charge is 2.21. The number of halogens is 2. The Morgan fingerprint density at radius 2 is 1.93 bits per heavy atom. The lowest BCUT2D eigenvalue weighted by molar-refractivity contribution is -0.402. The van der Waals surface area contributed by atoms with Crippen molar-refractivity contribution < 1.29 is 22.9 Å². The van der Waals surface area contributed by atoms with Crippen molar-refractivity contribution in [2.75, 3.05) is 26.2 Å². The molecule has 2 aromatic rings. The maximum absolute atomic E-state index is 13.7. The fourth-order valence-electron chi connectivity index (χ4n) is 2.83. The van der Waals surface area contributed by atoms with Crippen LogP contribution in [0.1, 0.15) is 11.3 Å². The van der Waals surface area contributed by atoms with Gasteiger partial charge >= 0.3 is 5.88 Å². The summed E-state index contributed by atoms with van der Waals surface area (Å²) in [5, 5.41) is 10.6. The quantitative estimate of drug-likeness (QED) is 0.455. The first-order valence-corrected chi connectivity index (χ1v) is 8.30. The Morgan fingerprint density at radius 1 is 1.19 bits per heavy atom. The molecule has 0 aliphatic carbocycles. The van der Waals surface area contributed by atoms with Crippen molar-refractivity contribution in [3.05, 3.63) is 69.5 Å². The lowest BCUT2D eigenvalue weighted by atomic mass is 10.1. The molecule has 1 aromatic heterocycles. The van der Waals surface area contributed by atoms with E-state index < -0.39 is 16.6 Å². The van der Waals surface area contributed by atoms with E-state index in [2.05, 4.69) is 0 Å². The summed E-state index contributed by atoms with van der Waals surface area (Å²) in [6, 6.07) is 6.72. The zero-order chi connectivity index (χ0) is 19.4. The molecular weight excluding hydrogens is 360 g/mol. The Morgan fingerprint density at radius 3 is 2.59 bits per heavy atom. The maximum atomic E-state index is 13.7. The first-order chi connectivity index (χ1) is 12.9. The fourth-order valence-corrected chi connectivity index (χ4v) is 2.83. The van der Waals surface area contributed by atoms with E-state index >= 15 is 0 Å². The summed E-state index contributed by atoms with van der Waals surface area (Å²) >= 11 is 0. The molecule has 2 heterocycles. The predicted octanol–water partition coefficient (Wildman–Crippen LogP) is 2.82. The highest BCUT2D eigenvalue weighted by Crippen LogP contribution is 2.17. The van der Waals surface area contributed by atoms with Crippen LogP contribution in [0.15, 0.2) is 40.8 Å². The first kappa shape index (κ1) is 18.7. The lowest BCUT2D eigenvalue weighted by Gasteiger charge is -2.34. The van der Waals surface area contributed by atoms with Crippen LogP contribution in [-0.2, 0) is 11.3 Å². The molecule has 0 atom stereocenters. The minimum absolute atomic E-state index is 0.218. The van der Waals surface area contributed by atoms with E-state index in [0.29, 0.717) is 26.2 Å². The van der Waals surface area contributed by atoms with Gasteiger partial charge in [-0.2, -0.15) is 0 Å². The maximum Gasteiger partial charge on any atom is 0.433 e. The normalized spacial score (nSPS) is 15.4. The molecule has 0 bridgehead atoms. The highest BCUT2D eigenvalue weighted by atomic mass is 19.2. The van der Waals surface area contributed by atoms with E-state index in [-0.39, 0.29) is 29.7 Å². The van der Waals surface area contributed by atoms with Crippen LogP contribution >= 0.6 is 0 Å². The number of carbonyl (C=O) groups is 1. The number of furan rings is 1. The average Bonchev–Trinajstić information content (AvgIpc) is 3.13. The smallest absolute Gasteiger partial charge is 0.401 e. The molecule has 0 unspecified atom stereocenters. The van der Waals surface area contributed by atoms with Crippen LogP contribution in [0.25, 0.3) is 6.08 Å². The average molecular weight is 377 g/mol. The van der Waals surface area contributed by atoms with Gasteiger partial charge in [-0.15, -0.1) is 0 Å². The number of rotatable bonds is 5. The van der Waals surface area contributed by atoms with Crippen LogP contribution in [0.5, 0.6) is 0 Å². The standard InChI is InChI=1S/C18H17F2N3O4/c19-15-3-1-2-13(18(15)20)12-21-8-10-22(11-9-21)16(24)6-4-14-5-7-17(27-14)23(25)26/h1-7H,8-12H2/b6-4+. The Balaban J connectivity index is 1.52. The molecule has 1 aliphatic rings. The summed E-state index contributed by atoms with van der Waals surface area (Å²) in [7, 11) is 0. The second-order valence-electron chi connectivity index (χ2n) is 6.08. The molecule has 0 spiro atoms. The van der Waals surface area contributed by atoms with E-state index in [1.165, 1.54) is 30.4 Å². The zero-order valence-electron chi connectivity index (χ0n) is 14.3. The van der Waals surface area contributed by atoms with Crippen molar-refractivity contribution in [1.29, 1.82) is 0 Å². The van der Waals surface area contributed by atoms with Crippen molar-refractivity contribution in [3.63, 3.8) is 0 Å². The number of nitrogens with zero attached hydrogens (tertiary/aromatic N) is 3. The van der Waals surface area contributed by atoms with Crippen LogP contribution < -0.4 is 0 Å². The molecule has 1 fully saturated rings. The Labute approximate surface area is 153 Å². The van der Waals surface area contributed by atoms with E-state index in [1.54, 1.807) is 11.0 Å². The van der Waals surface area contributed by atoms with Gasteiger partial charge in [-0.25, -0.2) is 8.78 Å². The van der Waals surface area contributed by atoms with Crippen molar-refractivity contribution in [1.82, 2.24) is 9.80 Å². The highest BCUT2D eigenvalue weighted by molar-refractivity contribution is 5.91. The molecule has 3 rings (SSSR count). The van der Waals surface area contributed by atoms with Gasteiger partial charge < -0.3 is 9.32 Å². The summed E-state index contributed by atoms with van der Waals surface area (Å²) in [5.74, 6) is -2.13. The largest absolute Gasteiger partial charge is 0.433 e. The fraction of sp³-hybridized carbons (Fsp3) is 0.278. The van der Waals surface area contributed by atoms with Gasteiger partial charge in [0.15, 0.2) is 11.6 Å². The third-order valence-electron chi connectivity index (χ3n) is 4.29. The van der Waals surface area contributed by atoms with Gasteiger partial charge in [0.05, 0.1) is 6.07 Å². The number of hydrogen-bond acceptors (Lipinski definition) is 5. The van der Waals surface area contributed by atoms with Gasteiger partial charge in [0.2, 0.25) is 5.91 Å². The van der Waals surface area contributed by atoms with Gasteiger partial charge in [-0.05, 0) is 18.2 Å². The molecule has 1 aliphatic heterocycles. The predicted molar refractivity (Wildman–Crippen MR) is 92.6 cm³/mol. The van der Waals surface area contributed by atoms with Crippen LogP contribution in [0.2, 0.25) is 0 Å². The lowest BCUT2D eigenvalue weighted by Crippen LogP contribution is -2.47. The molecule has 1 amide bonds. The Hall–Kier alpha value is -3.07. The summed E-state index contributed by atoms with van der Waals surface area (Å²) in [5.41, 5.74) is 0.286. The van der Waals surface area contributed by atoms with E-state index in [4.69, 9.17) is 4.42 Å². The second kappa shape index (κ2) is 8.09. The molecule has 1 aromatic carbocycles. The summed E-state index contributed by atoms with van der Waals surface area (Å²) < 4.78 is 32.0. The monoisotopic (exact) mass is 377 g/mol. The molecular formula is C18H17F2N3O4. The second-order valence-corrected chi connectivity index (χ2v) is 6.08. The van der Waals surface area contributed by atoms with E-state index in [9.17, 15) is 23.7 Å². The molecule has 7 nitrogen and oxygen atoms in total. The van der Waals surface area contributed by atoms with Gasteiger partial charge in [0.25, 0.3) is 0 Å². The van der Waals surface area contributed by atoms with Gasteiger partial charge in [-0.1, -0.05) is 12.1 Å². The topological polar surface area (TPSA) is 79.8 Å². The molecule has 0 saturated carbocycles. The minimum atomic E-state index is -0.871. The van der Waals surface area contributed by atoms with Crippen molar-refractivity contribution in [3.8, 4) is 0 Å². The third-order valence-corrected chi connectivity index (χ3v) is 4.29. The third kappa shape index (κ3) is 4.56. The van der Waals surface area contributed by atoms with E-state index in [1.807, 2.05) is 4.90 Å². The first-order valence-electron chi connectivity index (χ1n) is 8.30. The summed E-state index contributed by atoms with van der Waals surface area (Å²) in [6.45, 7) is 2.22. The molecule has 142 valence electrons. The van der Waals surface area contributed by atoms with Crippen LogP contribution in [0, 0.1) is 21.7 Å². The van der Waals surface area contributed by atoms with Crippen LogP contribution in [0.3, 0.4) is 0 Å². The number of carbonyl (C=O) groups excluding carboxylic acids is 1. The summed E-state index contributed by atoms with van der Waals surface area (Å²) in [4.78, 5) is 25.7. The molecule has 9 heteroatoms. The minimum Gasteiger partial charge on any atom is -0.401 e. The number of piperazine rings is 1. The number of hydrogen-bond donors (Lipinski definition) is 0. The van der Waals surface area contributed by atoms with Crippen molar-refractivity contribution in [2.45, 2.75) is 6.54 Å². The van der Waals surface area contributed by atoms with Gasteiger partial charge in [0, 0.05) is 44.4 Å². The number of amides is 1. The molecule has 0 radical (unpaired) electrons. The molecule has 1 saturated heterocycles. The number of benzene rings is 1. The van der Waals surface area contributed by atoms with Gasteiger partial charge in [0.1, 0.15) is 10.7 Å². The summed E-state index contributed by atoms with van der Waals surface area (Å²) in [6.07, 6.45) is 2.67. The molecule has 0 N–H and O–H groups in total. The Kier molecular flexibility index (Phi) is 5.60. The van der Waals surface area contributed by atoms with Crippen LogP contribution in [-0.4, -0.2) is 46.8 Å². The van der Waals surface area contributed by atoms with Crippen molar-refractivity contribution >= 4 is 17.9 Å². The van der Waals surface area contributed by atoms with Crippen molar-refractivity contribution in [2.24, 2.45) is 0 Å². The zero-order valence-corrected chi connectivity index (χ0v) is 14.3. The molecule has 27 heavy (non-hydrogen) atoms. The van der Waals surface area contributed by atoms with Crippen LogP contribution in [0.4, 0.5) is 14.7 Å². The Bertz CT molecular complexity index is 873.